The molecule has 0 aromatic heterocycles. The summed E-state index contributed by atoms with van der Waals surface area (Å²) in [4.78, 5) is 19.1. The summed E-state index contributed by atoms with van der Waals surface area (Å²) in [6.45, 7) is 0. The zero-order valence-electron chi connectivity index (χ0n) is 5.37. The van der Waals surface area contributed by atoms with Gasteiger partial charge < -0.3 is 26.6 Å². The molecule has 0 spiro atoms. The van der Waals surface area contributed by atoms with E-state index >= 15 is 0 Å². The molecule has 0 aliphatic rings. The van der Waals surface area contributed by atoms with Crippen LogP contribution < -0.4 is 0 Å². The molecule has 0 saturated carbocycles. The number of carbonyl (C=O) groups is 2. The molecule has 0 aromatic rings. The Hall–Kier alpha value is -1.44. The highest BCUT2D eigenvalue weighted by atomic mass is 16.4. The average molecular weight is 170 g/mol. The van der Waals surface area contributed by atoms with Crippen LogP contribution in [0.3, 0.4) is 0 Å². The Morgan fingerprint density at radius 3 is 1.09 bits per heavy atom. The monoisotopic (exact) mass is 170 g/mol. The van der Waals surface area contributed by atoms with Crippen LogP contribution in [0.25, 0.3) is 0 Å². The van der Waals surface area contributed by atoms with Crippen molar-refractivity contribution >= 4 is 11.9 Å². The van der Waals surface area contributed by atoms with E-state index in [-0.39, 0.29) is 16.4 Å². The van der Waals surface area contributed by atoms with E-state index in [1.54, 1.807) is 0 Å². The Labute approximate surface area is 61.5 Å². The first kappa shape index (κ1) is 22.7. The van der Waals surface area contributed by atoms with Gasteiger partial charge in [0, 0.05) is 12.2 Å². The molecule has 0 saturated heterocycles. The minimum atomic E-state index is -1.26. The number of carboxylic acids is 2. The maximum absolute atomic E-state index is 9.55. The highest BCUT2D eigenvalue weighted by molar-refractivity contribution is 5.89. The second-order valence-corrected chi connectivity index (χ2v) is 1.01. The SMILES string of the molecule is O.O.O.O=C(O)C=CC(=O)O. The number of hydrogen-bond acceptors (Lipinski definition) is 2. The molecule has 0 unspecified atom stereocenters. The van der Waals surface area contributed by atoms with Crippen molar-refractivity contribution < 1.29 is 36.2 Å². The van der Waals surface area contributed by atoms with E-state index in [1.165, 1.54) is 0 Å². The molecule has 0 aliphatic heterocycles. The molecule has 8 N–H and O–H groups in total. The van der Waals surface area contributed by atoms with Gasteiger partial charge in [-0.2, -0.15) is 0 Å². The third-order valence-electron chi connectivity index (χ3n) is 0.368. The average Bonchev–Trinajstić information content (AvgIpc) is 1.61. The summed E-state index contributed by atoms with van der Waals surface area (Å²) in [5.41, 5.74) is 0. The molecular weight excluding hydrogens is 160 g/mol. The van der Waals surface area contributed by atoms with Gasteiger partial charge in [-0.15, -0.1) is 0 Å². The van der Waals surface area contributed by atoms with Crippen molar-refractivity contribution in [1.29, 1.82) is 0 Å². The first-order valence-electron chi connectivity index (χ1n) is 1.77. The molecule has 68 valence electrons. The Balaban J connectivity index is -0.0000000817. The van der Waals surface area contributed by atoms with E-state index in [0.29, 0.717) is 12.2 Å². The molecule has 0 aromatic carbocycles. The molecule has 0 rings (SSSR count). The summed E-state index contributed by atoms with van der Waals surface area (Å²) in [7, 11) is 0. The molecule has 7 heteroatoms. The maximum Gasteiger partial charge on any atom is 0.328 e. The third kappa shape index (κ3) is 29.1. The van der Waals surface area contributed by atoms with Crippen LogP contribution in [0.15, 0.2) is 12.2 Å². The Bertz CT molecular complexity index is 121. The lowest BCUT2D eigenvalue weighted by Gasteiger charge is -1.74. The molecule has 11 heavy (non-hydrogen) atoms. The number of rotatable bonds is 2. The summed E-state index contributed by atoms with van der Waals surface area (Å²) in [6.07, 6.45) is 1.12. The first-order valence-corrected chi connectivity index (χ1v) is 1.77. The van der Waals surface area contributed by atoms with Gasteiger partial charge in [0.15, 0.2) is 0 Å². The summed E-state index contributed by atoms with van der Waals surface area (Å²) in [5.74, 6) is -2.51. The summed E-state index contributed by atoms with van der Waals surface area (Å²) < 4.78 is 0. The van der Waals surface area contributed by atoms with Gasteiger partial charge >= 0.3 is 11.9 Å². The number of hydrogen-bond donors (Lipinski definition) is 2. The summed E-state index contributed by atoms with van der Waals surface area (Å²) in [6, 6.07) is 0. The number of carboxylic acid groups (broad SMARTS) is 2. The van der Waals surface area contributed by atoms with Crippen LogP contribution in [0.5, 0.6) is 0 Å². The predicted molar refractivity (Wildman–Crippen MR) is 35.3 cm³/mol. The van der Waals surface area contributed by atoms with Crippen molar-refractivity contribution in [3.63, 3.8) is 0 Å². The standard InChI is InChI=1S/C4H4O4.3H2O/c5-3(6)1-2-4(7)8;;;/h1-2H,(H,5,6)(H,7,8);3*1H2. The van der Waals surface area contributed by atoms with Crippen molar-refractivity contribution in [1.82, 2.24) is 0 Å². The second kappa shape index (κ2) is 11.4. The third-order valence-corrected chi connectivity index (χ3v) is 0.368. The summed E-state index contributed by atoms with van der Waals surface area (Å²) in [5, 5.41) is 15.6. The maximum atomic E-state index is 9.55. The zero-order valence-corrected chi connectivity index (χ0v) is 5.37. The van der Waals surface area contributed by atoms with Gasteiger partial charge in [0.2, 0.25) is 0 Å². The van der Waals surface area contributed by atoms with Crippen LogP contribution in [0.2, 0.25) is 0 Å². The number of aliphatic carboxylic acids is 2. The molecule has 0 heterocycles. The van der Waals surface area contributed by atoms with E-state index in [2.05, 4.69) is 0 Å². The topological polar surface area (TPSA) is 169 Å². The highest BCUT2D eigenvalue weighted by Gasteiger charge is 1.88. The molecule has 7 nitrogen and oxygen atoms in total. The van der Waals surface area contributed by atoms with Crippen molar-refractivity contribution in [2.45, 2.75) is 0 Å². The van der Waals surface area contributed by atoms with Crippen molar-refractivity contribution in [2.24, 2.45) is 0 Å². The van der Waals surface area contributed by atoms with Crippen LogP contribution in [0.4, 0.5) is 0 Å². The molecule has 0 radical (unpaired) electrons. The van der Waals surface area contributed by atoms with Crippen molar-refractivity contribution in [2.75, 3.05) is 0 Å². The molecule has 0 fully saturated rings. The lowest BCUT2D eigenvalue weighted by Crippen LogP contribution is -1.91. The predicted octanol–water partition coefficient (Wildman–Crippen LogP) is -2.76. The van der Waals surface area contributed by atoms with Gasteiger partial charge in [-0.25, -0.2) is 9.59 Å². The van der Waals surface area contributed by atoms with Crippen LogP contribution in [-0.4, -0.2) is 38.6 Å². The first-order chi connectivity index (χ1) is 3.63. The van der Waals surface area contributed by atoms with Gasteiger partial charge in [0.1, 0.15) is 0 Å². The second-order valence-electron chi connectivity index (χ2n) is 1.01. The van der Waals surface area contributed by atoms with Gasteiger partial charge in [0.05, 0.1) is 0 Å². The van der Waals surface area contributed by atoms with Gasteiger partial charge in [0.25, 0.3) is 0 Å². The van der Waals surface area contributed by atoms with Crippen LogP contribution in [-0.2, 0) is 9.59 Å². The van der Waals surface area contributed by atoms with E-state index in [9.17, 15) is 9.59 Å². The van der Waals surface area contributed by atoms with Crippen molar-refractivity contribution in [3.05, 3.63) is 12.2 Å². The molecular formula is C4H10O7. The van der Waals surface area contributed by atoms with Crippen molar-refractivity contribution in [3.8, 4) is 0 Å². The lowest BCUT2D eigenvalue weighted by atomic mass is 10.5. The van der Waals surface area contributed by atoms with Gasteiger partial charge in [-0.3, -0.25) is 0 Å². The fraction of sp³-hybridized carbons (Fsp3) is 0. The lowest BCUT2D eigenvalue weighted by molar-refractivity contribution is -0.134. The largest absolute Gasteiger partial charge is 0.478 e. The van der Waals surface area contributed by atoms with Crippen LogP contribution >= 0.6 is 0 Å². The highest BCUT2D eigenvalue weighted by Crippen LogP contribution is 1.70. The Morgan fingerprint density at radius 2 is 1.00 bits per heavy atom. The van der Waals surface area contributed by atoms with Gasteiger partial charge in [-0.1, -0.05) is 0 Å². The van der Waals surface area contributed by atoms with E-state index in [1.807, 2.05) is 0 Å². The molecule has 0 amide bonds. The molecule has 0 atom stereocenters. The van der Waals surface area contributed by atoms with Crippen LogP contribution in [0, 0.1) is 0 Å². The Morgan fingerprint density at radius 1 is 0.818 bits per heavy atom. The summed E-state index contributed by atoms with van der Waals surface area (Å²) >= 11 is 0. The quantitative estimate of drug-likeness (QED) is 0.428. The molecule has 0 bridgehead atoms. The minimum Gasteiger partial charge on any atom is -0.478 e. The van der Waals surface area contributed by atoms with Gasteiger partial charge in [-0.05, 0) is 0 Å². The minimum absolute atomic E-state index is 0. The fourth-order valence-corrected chi connectivity index (χ4v) is 0.143. The fourth-order valence-electron chi connectivity index (χ4n) is 0.143. The molecule has 0 aliphatic carbocycles. The normalized spacial score (nSPS) is 6.91. The van der Waals surface area contributed by atoms with E-state index in [0.717, 1.165) is 0 Å². The Kier molecular flexibility index (Phi) is 23.4. The van der Waals surface area contributed by atoms with Crippen LogP contribution in [0.1, 0.15) is 0 Å². The smallest absolute Gasteiger partial charge is 0.328 e. The van der Waals surface area contributed by atoms with E-state index in [4.69, 9.17) is 10.2 Å². The zero-order chi connectivity index (χ0) is 6.57. The van der Waals surface area contributed by atoms with E-state index < -0.39 is 11.9 Å².